The number of carbonyl (C=O) groups excluding carboxylic acids is 1. The van der Waals surface area contributed by atoms with Crippen LogP contribution in [0.2, 0.25) is 0 Å². The SMILES string of the molecule is O=C1CC[C@@H](CCNCCOc2ccc(F)cc2)N1C[C@H](c1cccnc1)N1CCOCC1. The average Bonchev–Trinajstić information content (AvgIpc) is 3.20. The Labute approximate surface area is 194 Å². The lowest BCUT2D eigenvalue weighted by molar-refractivity contribution is -0.130. The van der Waals surface area contributed by atoms with Gasteiger partial charge in [-0.2, -0.15) is 0 Å². The average molecular weight is 457 g/mol. The van der Waals surface area contributed by atoms with Gasteiger partial charge in [0.15, 0.2) is 0 Å². The predicted octanol–water partition coefficient (Wildman–Crippen LogP) is 2.64. The molecule has 7 nitrogen and oxygen atoms in total. The maximum atomic E-state index is 13.0. The van der Waals surface area contributed by atoms with Gasteiger partial charge in [0.25, 0.3) is 0 Å². The van der Waals surface area contributed by atoms with Crippen molar-refractivity contribution in [3.63, 3.8) is 0 Å². The van der Waals surface area contributed by atoms with Crippen molar-refractivity contribution in [3.8, 4) is 5.75 Å². The summed E-state index contributed by atoms with van der Waals surface area (Å²) < 4.78 is 24.1. The minimum Gasteiger partial charge on any atom is -0.492 e. The van der Waals surface area contributed by atoms with E-state index in [1.807, 2.05) is 12.3 Å². The Morgan fingerprint density at radius 1 is 1.18 bits per heavy atom. The zero-order chi connectivity index (χ0) is 22.9. The van der Waals surface area contributed by atoms with Crippen molar-refractivity contribution in [3.05, 3.63) is 60.2 Å². The van der Waals surface area contributed by atoms with E-state index in [-0.39, 0.29) is 23.8 Å². The first-order valence-corrected chi connectivity index (χ1v) is 11.8. The summed E-state index contributed by atoms with van der Waals surface area (Å²) in [6.45, 7) is 5.88. The number of nitrogens with zero attached hydrogens (tertiary/aromatic N) is 3. The molecule has 4 rings (SSSR count). The van der Waals surface area contributed by atoms with Crippen molar-refractivity contribution in [1.82, 2.24) is 20.1 Å². The fourth-order valence-electron chi connectivity index (χ4n) is 4.59. The van der Waals surface area contributed by atoms with Crippen LogP contribution in [0.25, 0.3) is 0 Å². The molecule has 2 fully saturated rings. The molecule has 0 spiro atoms. The Kier molecular flexibility index (Phi) is 8.63. The van der Waals surface area contributed by atoms with Crippen molar-refractivity contribution in [2.75, 3.05) is 52.5 Å². The van der Waals surface area contributed by atoms with Crippen LogP contribution in [0.15, 0.2) is 48.8 Å². The fraction of sp³-hybridized carbons (Fsp3) is 0.520. The van der Waals surface area contributed by atoms with Crippen LogP contribution in [0.5, 0.6) is 5.75 Å². The van der Waals surface area contributed by atoms with E-state index in [0.29, 0.717) is 31.9 Å². The molecule has 2 aliphatic heterocycles. The summed E-state index contributed by atoms with van der Waals surface area (Å²) in [6.07, 6.45) is 6.12. The van der Waals surface area contributed by atoms with Crippen molar-refractivity contribution in [1.29, 1.82) is 0 Å². The Hall–Kier alpha value is -2.55. The first-order chi connectivity index (χ1) is 16.2. The van der Waals surface area contributed by atoms with Crippen LogP contribution in [0.3, 0.4) is 0 Å². The summed E-state index contributed by atoms with van der Waals surface area (Å²) in [5, 5.41) is 3.40. The van der Waals surface area contributed by atoms with Crippen molar-refractivity contribution < 1.29 is 18.7 Å². The van der Waals surface area contributed by atoms with Gasteiger partial charge >= 0.3 is 0 Å². The monoisotopic (exact) mass is 456 g/mol. The second-order valence-electron chi connectivity index (χ2n) is 8.53. The number of nitrogens with one attached hydrogen (secondary N) is 1. The fourth-order valence-corrected chi connectivity index (χ4v) is 4.59. The maximum Gasteiger partial charge on any atom is 0.222 e. The summed E-state index contributed by atoms with van der Waals surface area (Å²) in [5.41, 5.74) is 1.15. The minimum atomic E-state index is -0.268. The third-order valence-corrected chi connectivity index (χ3v) is 6.39. The topological polar surface area (TPSA) is 66.9 Å². The molecule has 33 heavy (non-hydrogen) atoms. The van der Waals surface area contributed by atoms with E-state index in [1.54, 1.807) is 18.3 Å². The molecule has 2 aromatic rings. The Bertz CT molecular complexity index is 862. The summed E-state index contributed by atoms with van der Waals surface area (Å²) in [4.78, 5) is 21.6. The predicted molar refractivity (Wildman–Crippen MR) is 123 cm³/mol. The Balaban J connectivity index is 1.27. The highest BCUT2D eigenvalue weighted by Crippen LogP contribution is 2.28. The van der Waals surface area contributed by atoms with Crippen molar-refractivity contribution in [2.24, 2.45) is 0 Å². The first-order valence-electron chi connectivity index (χ1n) is 11.8. The summed E-state index contributed by atoms with van der Waals surface area (Å²) in [7, 11) is 0. The lowest BCUT2D eigenvalue weighted by Crippen LogP contribution is -2.46. The quantitative estimate of drug-likeness (QED) is 0.525. The van der Waals surface area contributed by atoms with Crippen LogP contribution in [0.1, 0.15) is 30.9 Å². The molecule has 1 amide bonds. The van der Waals surface area contributed by atoms with E-state index in [4.69, 9.17) is 9.47 Å². The van der Waals surface area contributed by atoms with Gasteiger partial charge < -0.3 is 19.7 Å². The summed E-state index contributed by atoms with van der Waals surface area (Å²) in [6, 6.07) is 10.5. The number of benzene rings is 1. The van der Waals surface area contributed by atoms with Crippen LogP contribution in [-0.4, -0.2) is 79.3 Å². The lowest BCUT2D eigenvalue weighted by Gasteiger charge is -2.38. The van der Waals surface area contributed by atoms with Crippen LogP contribution in [0.4, 0.5) is 4.39 Å². The Morgan fingerprint density at radius 2 is 2.00 bits per heavy atom. The van der Waals surface area contributed by atoms with Gasteiger partial charge in [0, 0.05) is 51.0 Å². The Morgan fingerprint density at radius 3 is 2.76 bits per heavy atom. The maximum absolute atomic E-state index is 13.0. The number of morpholine rings is 1. The third kappa shape index (κ3) is 6.72. The molecule has 0 saturated carbocycles. The number of hydrogen-bond acceptors (Lipinski definition) is 6. The molecule has 1 N–H and O–H groups in total. The number of amides is 1. The van der Waals surface area contributed by atoms with E-state index >= 15 is 0 Å². The molecule has 1 aromatic heterocycles. The highest BCUT2D eigenvalue weighted by molar-refractivity contribution is 5.78. The molecule has 0 bridgehead atoms. The molecule has 3 heterocycles. The number of aromatic nitrogens is 1. The molecule has 2 aliphatic rings. The number of ether oxygens (including phenoxy) is 2. The van der Waals surface area contributed by atoms with Crippen LogP contribution in [0, 0.1) is 5.82 Å². The van der Waals surface area contributed by atoms with Gasteiger partial charge in [-0.3, -0.25) is 14.7 Å². The third-order valence-electron chi connectivity index (χ3n) is 6.39. The van der Waals surface area contributed by atoms with Crippen molar-refractivity contribution in [2.45, 2.75) is 31.3 Å². The summed E-state index contributed by atoms with van der Waals surface area (Å²) in [5.74, 6) is 0.632. The lowest BCUT2D eigenvalue weighted by atomic mass is 10.0. The van der Waals surface area contributed by atoms with Gasteiger partial charge in [0.05, 0.1) is 19.3 Å². The van der Waals surface area contributed by atoms with E-state index in [9.17, 15) is 9.18 Å². The first kappa shape index (κ1) is 23.6. The van der Waals surface area contributed by atoms with Crippen LogP contribution >= 0.6 is 0 Å². The van der Waals surface area contributed by atoms with Gasteiger partial charge in [-0.25, -0.2) is 4.39 Å². The van der Waals surface area contributed by atoms with E-state index in [2.05, 4.69) is 26.2 Å². The van der Waals surface area contributed by atoms with Gasteiger partial charge in [-0.05, 0) is 55.3 Å². The van der Waals surface area contributed by atoms with Gasteiger partial charge in [0.1, 0.15) is 18.2 Å². The van der Waals surface area contributed by atoms with E-state index < -0.39 is 0 Å². The highest BCUT2D eigenvalue weighted by Gasteiger charge is 2.34. The molecule has 0 aliphatic carbocycles. The van der Waals surface area contributed by atoms with Gasteiger partial charge in [0.2, 0.25) is 5.91 Å². The molecular formula is C25H33FN4O3. The summed E-state index contributed by atoms with van der Waals surface area (Å²) >= 11 is 0. The number of halogens is 1. The number of likely N-dealkylation sites (tertiary alicyclic amines) is 1. The number of hydrogen-bond donors (Lipinski definition) is 1. The largest absolute Gasteiger partial charge is 0.492 e. The minimum absolute atomic E-state index is 0.129. The normalized spacial score (nSPS) is 20.2. The number of pyridine rings is 1. The molecular weight excluding hydrogens is 423 g/mol. The van der Waals surface area contributed by atoms with Gasteiger partial charge in [-0.15, -0.1) is 0 Å². The number of rotatable bonds is 11. The van der Waals surface area contributed by atoms with Crippen LogP contribution in [-0.2, 0) is 9.53 Å². The second kappa shape index (κ2) is 12.1. The molecule has 178 valence electrons. The van der Waals surface area contributed by atoms with E-state index in [1.165, 1.54) is 12.1 Å². The molecule has 0 unspecified atom stereocenters. The molecule has 0 radical (unpaired) electrons. The van der Waals surface area contributed by atoms with E-state index in [0.717, 1.165) is 51.3 Å². The smallest absolute Gasteiger partial charge is 0.222 e. The van der Waals surface area contributed by atoms with Gasteiger partial charge in [-0.1, -0.05) is 6.07 Å². The highest BCUT2D eigenvalue weighted by atomic mass is 19.1. The zero-order valence-electron chi connectivity index (χ0n) is 19.0. The molecule has 1 aromatic carbocycles. The van der Waals surface area contributed by atoms with Crippen molar-refractivity contribution >= 4 is 5.91 Å². The number of carbonyl (C=O) groups is 1. The zero-order valence-corrected chi connectivity index (χ0v) is 19.0. The second-order valence-corrected chi connectivity index (χ2v) is 8.53. The molecule has 8 heteroatoms. The standard InChI is InChI=1S/C25H33FN4O3/c26-21-3-6-23(7-4-21)33-15-12-27-11-9-22-5-8-25(31)30(22)19-24(20-2-1-10-28-18-20)29-13-16-32-17-14-29/h1-4,6-7,10,18,22,24,27H,5,8-9,11-17,19H2/t22-,24+/m0/s1. The molecule has 2 atom stereocenters. The van der Waals surface area contributed by atoms with Crippen LogP contribution < -0.4 is 10.1 Å². The molecule has 2 saturated heterocycles.